The Labute approximate surface area is 194 Å². The van der Waals surface area contributed by atoms with Crippen LogP contribution in [-0.2, 0) is 19.9 Å². The molecule has 3 saturated heterocycles. The first-order valence-electron chi connectivity index (χ1n) is 10.4. The number of hydrogen-bond acceptors (Lipinski definition) is 4. The number of piperidine rings is 1. The van der Waals surface area contributed by atoms with Crippen LogP contribution in [0.5, 0.6) is 0 Å². The van der Waals surface area contributed by atoms with Gasteiger partial charge >= 0.3 is 5.97 Å². The molecule has 2 aromatic carbocycles. The highest BCUT2D eigenvalue weighted by Gasteiger charge is 2.71. The number of benzene rings is 2. The monoisotopic (exact) mass is 484 g/mol. The molecule has 2 aromatic rings. The predicted molar refractivity (Wildman–Crippen MR) is 113 cm³/mol. The van der Waals surface area contributed by atoms with E-state index in [1.165, 1.54) is 24.3 Å². The molecule has 5 nitrogen and oxygen atoms in total. The topological polar surface area (TPSA) is 59.1 Å². The summed E-state index contributed by atoms with van der Waals surface area (Å²) in [7, 11) is 4.29. The molecule has 0 aliphatic carbocycles. The van der Waals surface area contributed by atoms with E-state index in [-0.39, 0.29) is 45.5 Å². The van der Waals surface area contributed by atoms with E-state index < -0.39 is 29.3 Å². The number of quaternary nitrogens is 1. The molecule has 3 aliphatic rings. The smallest absolute Gasteiger partial charge is 0.347 e. The van der Waals surface area contributed by atoms with Crippen molar-refractivity contribution in [2.45, 2.75) is 48.8 Å². The summed E-state index contributed by atoms with van der Waals surface area (Å²) >= 11 is 11.6. The Bertz CT molecular complexity index is 1040. The van der Waals surface area contributed by atoms with E-state index in [0.717, 1.165) is 16.6 Å². The van der Waals surface area contributed by atoms with Gasteiger partial charge in [0, 0.05) is 24.0 Å². The number of morpholine rings is 1. The second-order valence-electron chi connectivity index (χ2n) is 9.30. The Morgan fingerprint density at radius 3 is 1.94 bits per heavy atom. The second-order valence-corrected chi connectivity index (χ2v) is 10.1. The van der Waals surface area contributed by atoms with Gasteiger partial charge < -0.3 is 19.1 Å². The molecule has 2 bridgehead atoms. The zero-order chi connectivity index (χ0) is 23.0. The zero-order valence-corrected chi connectivity index (χ0v) is 18.9. The maximum Gasteiger partial charge on any atom is 0.347 e. The average molecular weight is 485 g/mol. The van der Waals surface area contributed by atoms with Gasteiger partial charge in [0.2, 0.25) is 5.60 Å². The van der Waals surface area contributed by atoms with E-state index in [1.807, 2.05) is 0 Å². The van der Waals surface area contributed by atoms with Gasteiger partial charge in [-0.1, -0.05) is 35.3 Å². The Kier molecular flexibility index (Phi) is 5.08. The third kappa shape index (κ3) is 3.25. The SMILES string of the molecule is C[N+]1(C)C2CC(OC(=O)C(O)(c3ccc(Cl)c(F)c3)c3ccc(Cl)c(F)c3)C[C@H]1[C@H]1OC21. The number of ether oxygens (including phenoxy) is 2. The molecule has 3 fully saturated rings. The zero-order valence-electron chi connectivity index (χ0n) is 17.4. The Balaban J connectivity index is 1.48. The minimum absolute atomic E-state index is 0.118. The molecular formula is C23H22Cl2F2NO4+. The molecule has 0 saturated carbocycles. The molecule has 0 amide bonds. The number of esters is 1. The van der Waals surface area contributed by atoms with Gasteiger partial charge in [0.05, 0.1) is 24.1 Å². The van der Waals surface area contributed by atoms with E-state index >= 15 is 0 Å². The first-order valence-corrected chi connectivity index (χ1v) is 11.1. The van der Waals surface area contributed by atoms with Crippen LogP contribution in [0.3, 0.4) is 0 Å². The molecule has 0 spiro atoms. The van der Waals surface area contributed by atoms with Crippen LogP contribution < -0.4 is 0 Å². The predicted octanol–water partition coefficient (Wildman–Crippen LogP) is 3.81. The van der Waals surface area contributed by atoms with Crippen LogP contribution in [0.4, 0.5) is 8.78 Å². The lowest BCUT2D eigenvalue weighted by atomic mass is 9.86. The highest BCUT2D eigenvalue weighted by Crippen LogP contribution is 2.52. The quantitative estimate of drug-likeness (QED) is 0.407. The number of fused-ring (bicyclic) bond motifs is 5. The van der Waals surface area contributed by atoms with E-state index in [2.05, 4.69) is 14.1 Å². The highest BCUT2D eigenvalue weighted by atomic mass is 35.5. The van der Waals surface area contributed by atoms with Crippen molar-refractivity contribution in [2.24, 2.45) is 0 Å². The van der Waals surface area contributed by atoms with Crippen molar-refractivity contribution in [1.29, 1.82) is 0 Å². The van der Waals surface area contributed by atoms with Crippen molar-refractivity contribution >= 4 is 29.2 Å². The Morgan fingerprint density at radius 1 is 1.03 bits per heavy atom. The Morgan fingerprint density at radius 2 is 1.50 bits per heavy atom. The van der Waals surface area contributed by atoms with Gasteiger partial charge in [0.1, 0.15) is 42.0 Å². The van der Waals surface area contributed by atoms with E-state index in [0.29, 0.717) is 12.8 Å². The number of carbonyl (C=O) groups excluding carboxylic acids is 1. The number of carbonyl (C=O) groups is 1. The molecule has 5 rings (SSSR count). The fraction of sp³-hybridized carbons (Fsp3) is 0.435. The third-order valence-corrected chi connectivity index (χ3v) is 7.90. The summed E-state index contributed by atoms with van der Waals surface area (Å²) < 4.78 is 40.8. The molecule has 0 radical (unpaired) electrons. The number of aliphatic hydroxyl groups is 1. The van der Waals surface area contributed by atoms with Gasteiger partial charge in [-0.3, -0.25) is 0 Å². The van der Waals surface area contributed by atoms with E-state index in [1.54, 1.807) is 0 Å². The lowest BCUT2D eigenvalue weighted by molar-refractivity contribution is -0.938. The highest BCUT2D eigenvalue weighted by molar-refractivity contribution is 6.31. The molecule has 9 heteroatoms. The van der Waals surface area contributed by atoms with Crippen LogP contribution in [0, 0.1) is 11.6 Å². The van der Waals surface area contributed by atoms with Crippen molar-refractivity contribution in [3.63, 3.8) is 0 Å². The summed E-state index contributed by atoms with van der Waals surface area (Å²) in [5.41, 5.74) is -2.68. The third-order valence-electron chi connectivity index (χ3n) is 7.28. The molecule has 1 N–H and O–H groups in total. The van der Waals surface area contributed by atoms with Crippen molar-refractivity contribution in [3.05, 3.63) is 69.2 Å². The van der Waals surface area contributed by atoms with E-state index in [4.69, 9.17) is 32.7 Å². The molecule has 32 heavy (non-hydrogen) atoms. The fourth-order valence-electron chi connectivity index (χ4n) is 5.38. The maximum absolute atomic E-state index is 14.2. The average Bonchev–Trinajstić information content (AvgIpc) is 3.50. The minimum atomic E-state index is -2.45. The van der Waals surface area contributed by atoms with Gasteiger partial charge in [0.25, 0.3) is 0 Å². The van der Waals surface area contributed by atoms with Crippen molar-refractivity contribution in [2.75, 3.05) is 14.1 Å². The van der Waals surface area contributed by atoms with Crippen LogP contribution in [0.2, 0.25) is 10.0 Å². The van der Waals surface area contributed by atoms with Crippen molar-refractivity contribution in [3.8, 4) is 0 Å². The van der Waals surface area contributed by atoms with Crippen LogP contribution in [0.25, 0.3) is 0 Å². The summed E-state index contributed by atoms with van der Waals surface area (Å²) in [6.45, 7) is 0. The summed E-state index contributed by atoms with van der Waals surface area (Å²) in [4.78, 5) is 13.4. The van der Waals surface area contributed by atoms with Crippen LogP contribution in [0.1, 0.15) is 24.0 Å². The molecule has 0 aromatic heterocycles. The van der Waals surface area contributed by atoms with E-state index in [9.17, 15) is 18.7 Å². The molecule has 3 aliphatic heterocycles. The summed E-state index contributed by atoms with van der Waals surface area (Å²) in [6, 6.07) is 7.34. The van der Waals surface area contributed by atoms with Gasteiger partial charge in [-0.25, -0.2) is 13.6 Å². The largest absolute Gasteiger partial charge is 0.459 e. The second kappa shape index (κ2) is 7.37. The summed E-state index contributed by atoms with van der Waals surface area (Å²) in [5, 5.41) is 11.2. The Hall–Kier alpha value is -1.77. The molecule has 3 heterocycles. The lowest BCUT2D eigenvalue weighted by Crippen LogP contribution is -2.60. The van der Waals surface area contributed by atoms with Gasteiger partial charge in [0.15, 0.2) is 0 Å². The number of nitrogens with zero attached hydrogens (tertiary/aromatic N) is 1. The number of epoxide rings is 1. The number of rotatable bonds is 4. The van der Waals surface area contributed by atoms with Gasteiger partial charge in [-0.05, 0) is 24.3 Å². The standard InChI is InChI=1S/C23H22Cl2F2NO4/c1-28(2)18-9-13(10-19(28)21-20(18)32-21)31-22(29)23(30,11-3-5-14(24)16(26)7-11)12-4-6-15(25)17(27)8-12/h3-8,13,18-21,30H,9-10H2,1-2H3/q+1/t13?,18-,19?,20+,21?/m0/s1. The van der Waals surface area contributed by atoms with Crippen LogP contribution in [-0.4, -0.2) is 60.0 Å². The van der Waals surface area contributed by atoms with Gasteiger partial charge in [-0.15, -0.1) is 0 Å². The van der Waals surface area contributed by atoms with Crippen LogP contribution >= 0.6 is 23.2 Å². The number of hydrogen-bond donors (Lipinski definition) is 1. The number of halogens is 4. The summed E-state index contributed by atoms with van der Waals surface area (Å²) in [5.74, 6) is -2.65. The maximum atomic E-state index is 14.2. The molecule has 5 atom stereocenters. The normalized spacial score (nSPS) is 30.0. The summed E-state index contributed by atoms with van der Waals surface area (Å²) in [6.07, 6.45) is 1.04. The first kappa shape index (κ1) is 22.0. The fourth-order valence-corrected chi connectivity index (χ4v) is 5.62. The van der Waals surface area contributed by atoms with Crippen molar-refractivity contribution in [1.82, 2.24) is 0 Å². The molecule has 170 valence electrons. The lowest BCUT2D eigenvalue weighted by Gasteiger charge is -2.45. The van der Waals surface area contributed by atoms with Gasteiger partial charge in [-0.2, -0.15) is 0 Å². The first-order chi connectivity index (χ1) is 15.0. The molecule has 3 unspecified atom stereocenters. The number of likely N-dealkylation sites (N-methyl/N-ethyl adjacent to an activating group) is 1. The van der Waals surface area contributed by atoms with Crippen LogP contribution in [0.15, 0.2) is 36.4 Å². The molecular weight excluding hydrogens is 463 g/mol. The van der Waals surface area contributed by atoms with Crippen molar-refractivity contribution < 1.29 is 32.6 Å². The minimum Gasteiger partial charge on any atom is -0.459 e.